The van der Waals surface area contributed by atoms with Gasteiger partial charge in [0.05, 0.1) is 12.0 Å². The minimum absolute atomic E-state index is 0.0360. The first-order chi connectivity index (χ1) is 10.8. The van der Waals surface area contributed by atoms with Gasteiger partial charge in [-0.15, -0.1) is 0 Å². The second kappa shape index (κ2) is 4.99. The number of β-lactam (4-membered cyclic amide) rings is 1. The standard InChI is InChI=1S/C20H17NO/c1-14-19(16-8-3-2-4-9-16)21(20(14)22)18-12-11-15-7-5-6-10-17(15)13-18/h2-14,19H,1H3/t14-,19+/m1/s1. The van der Waals surface area contributed by atoms with E-state index in [9.17, 15) is 4.79 Å². The van der Waals surface area contributed by atoms with Gasteiger partial charge in [-0.1, -0.05) is 67.6 Å². The van der Waals surface area contributed by atoms with Crippen molar-refractivity contribution in [3.8, 4) is 0 Å². The van der Waals surface area contributed by atoms with Gasteiger partial charge < -0.3 is 4.90 Å². The quantitative estimate of drug-likeness (QED) is 0.632. The monoisotopic (exact) mass is 287 g/mol. The highest BCUT2D eigenvalue weighted by molar-refractivity contribution is 6.04. The number of nitrogens with zero attached hydrogens (tertiary/aromatic N) is 1. The molecule has 108 valence electrons. The second-order valence-electron chi connectivity index (χ2n) is 5.88. The minimum Gasteiger partial charge on any atom is -0.304 e. The summed E-state index contributed by atoms with van der Waals surface area (Å²) < 4.78 is 0. The number of benzene rings is 3. The van der Waals surface area contributed by atoms with Crippen molar-refractivity contribution >= 4 is 22.4 Å². The summed E-state index contributed by atoms with van der Waals surface area (Å²) in [5, 5.41) is 2.36. The Kier molecular flexibility index (Phi) is 2.97. The first kappa shape index (κ1) is 13.1. The number of fused-ring (bicyclic) bond motifs is 1. The van der Waals surface area contributed by atoms with Crippen LogP contribution in [-0.4, -0.2) is 5.91 Å². The van der Waals surface area contributed by atoms with E-state index in [0.717, 1.165) is 5.69 Å². The van der Waals surface area contributed by atoms with E-state index in [1.165, 1.54) is 16.3 Å². The topological polar surface area (TPSA) is 20.3 Å². The number of hydrogen-bond acceptors (Lipinski definition) is 1. The van der Waals surface area contributed by atoms with Crippen LogP contribution in [0.4, 0.5) is 5.69 Å². The third-order valence-electron chi connectivity index (χ3n) is 4.53. The molecule has 0 aliphatic carbocycles. The molecule has 1 fully saturated rings. The van der Waals surface area contributed by atoms with Gasteiger partial charge >= 0.3 is 0 Å². The summed E-state index contributed by atoms with van der Waals surface area (Å²) in [4.78, 5) is 14.3. The number of carbonyl (C=O) groups is 1. The van der Waals surface area contributed by atoms with Crippen molar-refractivity contribution in [3.63, 3.8) is 0 Å². The van der Waals surface area contributed by atoms with E-state index in [0.29, 0.717) is 0 Å². The van der Waals surface area contributed by atoms with Crippen molar-refractivity contribution in [2.45, 2.75) is 13.0 Å². The molecule has 1 aliphatic rings. The van der Waals surface area contributed by atoms with Crippen LogP contribution < -0.4 is 4.90 Å². The molecule has 1 aliphatic heterocycles. The van der Waals surface area contributed by atoms with Gasteiger partial charge in [0.25, 0.3) is 0 Å². The molecule has 2 heteroatoms. The van der Waals surface area contributed by atoms with Crippen LogP contribution in [0.1, 0.15) is 18.5 Å². The van der Waals surface area contributed by atoms with E-state index in [-0.39, 0.29) is 17.9 Å². The molecule has 22 heavy (non-hydrogen) atoms. The molecule has 0 bridgehead atoms. The SMILES string of the molecule is C[C@H]1C(=O)N(c2ccc3ccccc3c2)[C@@H]1c1ccccc1. The van der Waals surface area contributed by atoms with Gasteiger partial charge in [0, 0.05) is 5.69 Å². The minimum atomic E-state index is 0.0360. The largest absolute Gasteiger partial charge is 0.304 e. The molecule has 0 N–H and O–H groups in total. The van der Waals surface area contributed by atoms with Crippen LogP contribution in [0.25, 0.3) is 10.8 Å². The molecule has 4 rings (SSSR count). The van der Waals surface area contributed by atoms with Crippen LogP contribution >= 0.6 is 0 Å². The lowest BCUT2D eigenvalue weighted by Crippen LogP contribution is -2.54. The third-order valence-corrected chi connectivity index (χ3v) is 4.53. The normalized spacial score (nSPS) is 21.0. The van der Waals surface area contributed by atoms with Crippen molar-refractivity contribution in [3.05, 3.63) is 78.4 Å². The average molecular weight is 287 g/mol. The van der Waals surface area contributed by atoms with Crippen LogP contribution in [0.2, 0.25) is 0 Å². The zero-order valence-corrected chi connectivity index (χ0v) is 12.4. The van der Waals surface area contributed by atoms with Crippen LogP contribution in [0.5, 0.6) is 0 Å². The van der Waals surface area contributed by atoms with Crippen LogP contribution in [0, 0.1) is 5.92 Å². The molecule has 1 heterocycles. The van der Waals surface area contributed by atoms with Crippen LogP contribution in [0.3, 0.4) is 0 Å². The number of rotatable bonds is 2. The highest BCUT2D eigenvalue weighted by atomic mass is 16.2. The fourth-order valence-corrected chi connectivity index (χ4v) is 3.34. The van der Waals surface area contributed by atoms with E-state index in [2.05, 4.69) is 36.4 Å². The van der Waals surface area contributed by atoms with Gasteiger partial charge in [-0.3, -0.25) is 4.79 Å². The Morgan fingerprint density at radius 3 is 2.27 bits per heavy atom. The van der Waals surface area contributed by atoms with Crippen molar-refractivity contribution in [1.82, 2.24) is 0 Å². The Labute approximate surface area is 130 Å². The van der Waals surface area contributed by atoms with Gasteiger partial charge in [-0.25, -0.2) is 0 Å². The molecule has 3 aromatic carbocycles. The van der Waals surface area contributed by atoms with E-state index >= 15 is 0 Å². The van der Waals surface area contributed by atoms with E-state index in [1.807, 2.05) is 48.2 Å². The maximum atomic E-state index is 12.4. The van der Waals surface area contributed by atoms with Gasteiger partial charge in [-0.05, 0) is 28.5 Å². The first-order valence-electron chi connectivity index (χ1n) is 7.62. The molecule has 0 radical (unpaired) electrons. The number of hydrogen-bond donors (Lipinski definition) is 0. The lowest BCUT2D eigenvalue weighted by molar-refractivity contribution is -0.129. The predicted molar refractivity (Wildman–Crippen MR) is 89.8 cm³/mol. The Balaban J connectivity index is 1.77. The Hall–Kier alpha value is -2.61. The molecular formula is C20H17NO. The summed E-state index contributed by atoms with van der Waals surface area (Å²) in [5.74, 6) is 0.234. The molecule has 0 spiro atoms. The fourth-order valence-electron chi connectivity index (χ4n) is 3.34. The van der Waals surface area contributed by atoms with Crippen molar-refractivity contribution in [2.24, 2.45) is 5.92 Å². The van der Waals surface area contributed by atoms with Gasteiger partial charge in [-0.2, -0.15) is 0 Å². The molecule has 2 nitrogen and oxygen atoms in total. The van der Waals surface area contributed by atoms with Crippen molar-refractivity contribution < 1.29 is 4.79 Å². The van der Waals surface area contributed by atoms with Gasteiger partial charge in [0.2, 0.25) is 5.91 Å². The van der Waals surface area contributed by atoms with E-state index < -0.39 is 0 Å². The third kappa shape index (κ3) is 1.92. The number of carbonyl (C=O) groups excluding carboxylic acids is 1. The summed E-state index contributed by atoms with van der Waals surface area (Å²) >= 11 is 0. The summed E-state index contributed by atoms with van der Waals surface area (Å²) in [6, 6.07) is 24.9. The molecule has 3 aromatic rings. The summed E-state index contributed by atoms with van der Waals surface area (Å²) in [6.07, 6.45) is 0. The average Bonchev–Trinajstić information content (AvgIpc) is 2.59. The molecule has 0 aromatic heterocycles. The Morgan fingerprint density at radius 1 is 0.818 bits per heavy atom. The summed E-state index contributed by atoms with van der Waals surface area (Å²) in [7, 11) is 0. The first-order valence-corrected chi connectivity index (χ1v) is 7.62. The fraction of sp³-hybridized carbons (Fsp3) is 0.150. The predicted octanol–water partition coefficient (Wildman–Crippen LogP) is 4.56. The van der Waals surface area contributed by atoms with Crippen molar-refractivity contribution in [1.29, 1.82) is 0 Å². The van der Waals surface area contributed by atoms with E-state index in [4.69, 9.17) is 0 Å². The number of anilines is 1. The second-order valence-corrected chi connectivity index (χ2v) is 5.88. The highest BCUT2D eigenvalue weighted by Crippen LogP contribution is 2.43. The summed E-state index contributed by atoms with van der Waals surface area (Å²) in [6.45, 7) is 2.01. The Bertz CT molecular complexity index is 840. The molecule has 1 saturated heterocycles. The zero-order valence-electron chi connectivity index (χ0n) is 12.4. The maximum absolute atomic E-state index is 12.4. The molecular weight excluding hydrogens is 270 g/mol. The number of amides is 1. The summed E-state index contributed by atoms with van der Waals surface area (Å²) in [5.41, 5.74) is 2.18. The van der Waals surface area contributed by atoms with Crippen LogP contribution in [-0.2, 0) is 4.79 Å². The van der Waals surface area contributed by atoms with Gasteiger partial charge in [0.15, 0.2) is 0 Å². The lowest BCUT2D eigenvalue weighted by atomic mass is 9.83. The van der Waals surface area contributed by atoms with E-state index in [1.54, 1.807) is 0 Å². The van der Waals surface area contributed by atoms with Crippen molar-refractivity contribution in [2.75, 3.05) is 4.90 Å². The maximum Gasteiger partial charge on any atom is 0.232 e. The molecule has 2 atom stereocenters. The zero-order chi connectivity index (χ0) is 15.1. The Morgan fingerprint density at radius 2 is 1.50 bits per heavy atom. The highest BCUT2D eigenvalue weighted by Gasteiger charge is 2.45. The molecule has 1 amide bonds. The molecule has 0 saturated carbocycles. The van der Waals surface area contributed by atoms with Crippen LogP contribution in [0.15, 0.2) is 72.8 Å². The molecule has 0 unspecified atom stereocenters. The van der Waals surface area contributed by atoms with Gasteiger partial charge in [0.1, 0.15) is 0 Å². The smallest absolute Gasteiger partial charge is 0.232 e. The lowest BCUT2D eigenvalue weighted by Gasteiger charge is -2.46.